The first-order valence-corrected chi connectivity index (χ1v) is 15.0. The highest BCUT2D eigenvalue weighted by atomic mass is 16.8. The molecule has 0 rings (SSSR count). The standard InChI is InChI=1S/C31H64O4/c1-30(2,3)23-18-14-10-8-12-16-20-26-33-29(35-28-22-25-32-7)34-27-21-17-13-9-11-15-19-24-31(4,5)6/h29H,8-28H2,1-7H3. The van der Waals surface area contributed by atoms with Gasteiger partial charge in [0.25, 0.3) is 6.48 Å². The first kappa shape index (κ1) is 34.8. The quantitative estimate of drug-likeness (QED) is 0.0923. The van der Waals surface area contributed by atoms with Gasteiger partial charge in [0.1, 0.15) is 0 Å². The lowest BCUT2D eigenvalue weighted by atomic mass is 9.89. The van der Waals surface area contributed by atoms with Crippen LogP contribution in [0.15, 0.2) is 0 Å². The lowest BCUT2D eigenvalue weighted by molar-refractivity contribution is -0.289. The van der Waals surface area contributed by atoms with Gasteiger partial charge in [-0.05, 0) is 42.9 Å². The van der Waals surface area contributed by atoms with Gasteiger partial charge in [0.2, 0.25) is 0 Å². The van der Waals surface area contributed by atoms with Crippen LogP contribution in [0.1, 0.15) is 151 Å². The highest BCUT2D eigenvalue weighted by Crippen LogP contribution is 2.23. The third kappa shape index (κ3) is 30.0. The zero-order valence-electron chi connectivity index (χ0n) is 25.1. The Morgan fingerprint density at radius 1 is 0.400 bits per heavy atom. The summed E-state index contributed by atoms with van der Waals surface area (Å²) < 4.78 is 22.8. The summed E-state index contributed by atoms with van der Waals surface area (Å²) in [5.41, 5.74) is 0.959. The van der Waals surface area contributed by atoms with Gasteiger partial charge in [0.15, 0.2) is 0 Å². The highest BCUT2D eigenvalue weighted by Gasteiger charge is 2.11. The Hall–Kier alpha value is -0.160. The molecule has 0 atom stereocenters. The SMILES string of the molecule is COCCCOC(OCCCCCCCCCC(C)(C)C)OCCCCCCCCCC(C)(C)C. The van der Waals surface area contributed by atoms with Gasteiger partial charge in [0.05, 0.1) is 19.8 Å². The summed E-state index contributed by atoms with van der Waals surface area (Å²) in [6.07, 6.45) is 21.6. The Morgan fingerprint density at radius 3 is 1.06 bits per heavy atom. The summed E-state index contributed by atoms with van der Waals surface area (Å²) in [6, 6.07) is 0. The zero-order valence-corrected chi connectivity index (χ0v) is 25.1. The van der Waals surface area contributed by atoms with Crippen molar-refractivity contribution in [1.82, 2.24) is 0 Å². The molecule has 0 aliphatic carbocycles. The summed E-state index contributed by atoms with van der Waals surface area (Å²) in [6.45, 7) is 16.2. The number of rotatable bonds is 25. The minimum Gasteiger partial charge on any atom is -0.385 e. The van der Waals surface area contributed by atoms with Gasteiger partial charge >= 0.3 is 0 Å². The molecule has 0 N–H and O–H groups in total. The monoisotopic (exact) mass is 500 g/mol. The number of hydrogen-bond donors (Lipinski definition) is 0. The first-order valence-electron chi connectivity index (χ1n) is 15.0. The number of hydrogen-bond acceptors (Lipinski definition) is 4. The van der Waals surface area contributed by atoms with Crippen LogP contribution in [0, 0.1) is 10.8 Å². The van der Waals surface area contributed by atoms with Gasteiger partial charge in [-0.3, -0.25) is 0 Å². The normalized spacial score (nSPS) is 12.7. The van der Waals surface area contributed by atoms with E-state index in [-0.39, 0.29) is 0 Å². The average Bonchev–Trinajstić information content (AvgIpc) is 2.77. The maximum absolute atomic E-state index is 5.92. The van der Waals surface area contributed by atoms with E-state index in [0.717, 1.165) is 19.3 Å². The molecule has 0 aromatic carbocycles. The summed E-state index contributed by atoms with van der Waals surface area (Å²) in [5.74, 6) is 0. The average molecular weight is 501 g/mol. The smallest absolute Gasteiger partial charge is 0.271 e. The third-order valence-electron chi connectivity index (χ3n) is 6.40. The fraction of sp³-hybridized carbons (Fsp3) is 1.00. The number of ether oxygens (including phenoxy) is 4. The van der Waals surface area contributed by atoms with Crippen molar-refractivity contribution in [3.63, 3.8) is 0 Å². The maximum Gasteiger partial charge on any atom is 0.271 e. The number of unbranched alkanes of at least 4 members (excludes halogenated alkanes) is 12. The molecule has 4 heteroatoms. The van der Waals surface area contributed by atoms with E-state index in [1.165, 1.54) is 89.9 Å². The molecule has 212 valence electrons. The van der Waals surface area contributed by atoms with Crippen LogP contribution in [0.4, 0.5) is 0 Å². The fourth-order valence-electron chi connectivity index (χ4n) is 4.17. The van der Waals surface area contributed by atoms with E-state index < -0.39 is 6.48 Å². The van der Waals surface area contributed by atoms with E-state index >= 15 is 0 Å². The lowest BCUT2D eigenvalue weighted by Gasteiger charge is -2.19. The van der Waals surface area contributed by atoms with Crippen molar-refractivity contribution >= 4 is 0 Å². The molecule has 0 heterocycles. The molecule has 0 radical (unpaired) electrons. The van der Waals surface area contributed by atoms with Gasteiger partial charge in [-0.1, -0.05) is 119 Å². The van der Waals surface area contributed by atoms with E-state index in [1.807, 2.05) is 0 Å². The van der Waals surface area contributed by atoms with Gasteiger partial charge in [-0.15, -0.1) is 0 Å². The Balaban J connectivity index is 3.76. The van der Waals surface area contributed by atoms with Gasteiger partial charge < -0.3 is 18.9 Å². The second-order valence-corrected chi connectivity index (χ2v) is 12.8. The largest absolute Gasteiger partial charge is 0.385 e. The zero-order chi connectivity index (χ0) is 26.3. The van der Waals surface area contributed by atoms with Crippen molar-refractivity contribution in [3.05, 3.63) is 0 Å². The summed E-state index contributed by atoms with van der Waals surface area (Å²) in [7, 11) is 1.72. The first-order chi connectivity index (χ1) is 16.6. The van der Waals surface area contributed by atoms with E-state index in [9.17, 15) is 0 Å². The van der Waals surface area contributed by atoms with E-state index in [2.05, 4.69) is 41.5 Å². The van der Waals surface area contributed by atoms with E-state index in [1.54, 1.807) is 7.11 Å². The minimum absolute atomic E-state index is 0.479. The van der Waals surface area contributed by atoms with Crippen LogP contribution in [0.5, 0.6) is 0 Å². The summed E-state index contributed by atoms with van der Waals surface area (Å²) in [4.78, 5) is 0. The predicted octanol–water partition coefficient (Wildman–Crippen LogP) is 9.69. The Labute approximate surface area is 220 Å². The van der Waals surface area contributed by atoms with Crippen LogP contribution in [-0.2, 0) is 18.9 Å². The van der Waals surface area contributed by atoms with Gasteiger partial charge in [-0.25, -0.2) is 0 Å². The highest BCUT2D eigenvalue weighted by molar-refractivity contribution is 4.62. The van der Waals surface area contributed by atoms with Crippen LogP contribution in [-0.4, -0.2) is 40.0 Å². The predicted molar refractivity (Wildman–Crippen MR) is 151 cm³/mol. The molecule has 0 aromatic rings. The molecular formula is C31H64O4. The molecule has 0 spiro atoms. The van der Waals surface area contributed by atoms with Crippen molar-refractivity contribution in [2.24, 2.45) is 10.8 Å². The molecule has 0 unspecified atom stereocenters. The molecule has 35 heavy (non-hydrogen) atoms. The molecule has 0 saturated heterocycles. The maximum atomic E-state index is 5.92. The molecule has 0 amide bonds. The van der Waals surface area contributed by atoms with Crippen LogP contribution in [0.2, 0.25) is 0 Å². The van der Waals surface area contributed by atoms with Crippen LogP contribution in [0.25, 0.3) is 0 Å². The van der Waals surface area contributed by atoms with Crippen molar-refractivity contribution < 1.29 is 18.9 Å². The molecule has 4 nitrogen and oxygen atoms in total. The second kappa shape index (κ2) is 23.0. The summed E-state index contributed by atoms with van der Waals surface area (Å²) >= 11 is 0. The van der Waals surface area contributed by atoms with Crippen LogP contribution < -0.4 is 0 Å². The van der Waals surface area contributed by atoms with Crippen molar-refractivity contribution in [3.8, 4) is 0 Å². The minimum atomic E-state index is -0.526. The lowest BCUT2D eigenvalue weighted by Crippen LogP contribution is -2.23. The van der Waals surface area contributed by atoms with E-state index in [4.69, 9.17) is 18.9 Å². The Kier molecular flexibility index (Phi) is 22.9. The van der Waals surface area contributed by atoms with E-state index in [0.29, 0.717) is 37.3 Å². The summed E-state index contributed by atoms with van der Waals surface area (Å²) in [5, 5.41) is 0. The van der Waals surface area contributed by atoms with Crippen molar-refractivity contribution in [2.45, 2.75) is 157 Å². The van der Waals surface area contributed by atoms with Crippen LogP contribution in [0.3, 0.4) is 0 Å². The van der Waals surface area contributed by atoms with Gasteiger partial charge in [0, 0.05) is 13.7 Å². The van der Waals surface area contributed by atoms with Crippen molar-refractivity contribution in [1.29, 1.82) is 0 Å². The molecule has 0 aliphatic heterocycles. The number of methoxy groups -OCH3 is 1. The fourth-order valence-corrected chi connectivity index (χ4v) is 4.17. The molecule has 0 fully saturated rings. The molecule has 0 aliphatic rings. The molecule has 0 bridgehead atoms. The van der Waals surface area contributed by atoms with Gasteiger partial charge in [-0.2, -0.15) is 0 Å². The molecular weight excluding hydrogens is 436 g/mol. The molecule has 0 aromatic heterocycles. The molecule has 0 saturated carbocycles. The van der Waals surface area contributed by atoms with Crippen molar-refractivity contribution in [2.75, 3.05) is 33.5 Å². The Morgan fingerprint density at radius 2 is 0.714 bits per heavy atom. The third-order valence-corrected chi connectivity index (χ3v) is 6.40. The topological polar surface area (TPSA) is 36.9 Å². The Bertz CT molecular complexity index is 391. The van der Waals surface area contributed by atoms with Crippen LogP contribution >= 0.6 is 0 Å². The second-order valence-electron chi connectivity index (χ2n) is 12.8.